The summed E-state index contributed by atoms with van der Waals surface area (Å²) in [5.41, 5.74) is 1.83. The summed E-state index contributed by atoms with van der Waals surface area (Å²) in [5.74, 6) is 0.245. The lowest BCUT2D eigenvalue weighted by molar-refractivity contribution is 0.0991. The number of carbonyl (C=O) groups is 1. The Morgan fingerprint density at radius 2 is 2.00 bits per heavy atom. The van der Waals surface area contributed by atoms with E-state index in [0.29, 0.717) is 11.1 Å². The Morgan fingerprint density at radius 1 is 1.25 bits per heavy atom. The molecule has 0 fully saturated rings. The topological polar surface area (TPSA) is 26.3 Å². The highest BCUT2D eigenvalue weighted by atomic mass is 79.9. The van der Waals surface area contributed by atoms with Crippen molar-refractivity contribution in [3.8, 4) is 5.75 Å². The number of rotatable bonds is 4. The molecule has 0 radical (unpaired) electrons. The lowest BCUT2D eigenvalue weighted by Crippen LogP contribution is -2.06. The van der Waals surface area contributed by atoms with Gasteiger partial charge < -0.3 is 4.74 Å². The van der Waals surface area contributed by atoms with Gasteiger partial charge in [-0.05, 0) is 54.4 Å². The lowest BCUT2D eigenvalue weighted by atomic mass is 10.0. The van der Waals surface area contributed by atoms with Crippen LogP contribution in [0.4, 0.5) is 4.39 Å². The molecule has 4 heteroatoms. The minimum absolute atomic E-state index is 0.0387. The van der Waals surface area contributed by atoms with E-state index in [4.69, 9.17) is 4.74 Å². The third-order valence-electron chi connectivity index (χ3n) is 3.08. The van der Waals surface area contributed by atoms with Gasteiger partial charge in [0.15, 0.2) is 5.78 Å². The predicted octanol–water partition coefficient (Wildman–Crippen LogP) is 4.33. The van der Waals surface area contributed by atoms with Gasteiger partial charge in [0, 0.05) is 16.5 Å². The number of benzene rings is 2. The van der Waals surface area contributed by atoms with Gasteiger partial charge in [-0.1, -0.05) is 15.9 Å². The molecule has 0 unspecified atom stereocenters. The molecule has 104 valence electrons. The fraction of sp³-hybridized carbons (Fsp3) is 0.188. The van der Waals surface area contributed by atoms with E-state index < -0.39 is 0 Å². The molecule has 0 spiro atoms. The molecule has 0 N–H and O–H groups in total. The summed E-state index contributed by atoms with van der Waals surface area (Å²) < 4.78 is 19.6. The first-order valence-corrected chi connectivity index (χ1v) is 6.92. The average Bonchev–Trinajstić information content (AvgIpc) is 2.42. The van der Waals surface area contributed by atoms with Gasteiger partial charge in [0.1, 0.15) is 11.6 Å². The molecule has 0 bridgehead atoms. The second-order valence-corrected chi connectivity index (χ2v) is 5.44. The first kappa shape index (κ1) is 14.7. The molecular formula is C16H14BrFO2. The number of methoxy groups -OCH3 is 1. The fourth-order valence-electron chi connectivity index (χ4n) is 2.01. The molecule has 2 aromatic rings. The van der Waals surface area contributed by atoms with Gasteiger partial charge >= 0.3 is 0 Å². The number of halogens is 2. The SMILES string of the molecule is COc1ccc(C(=O)Cc2cc(Br)ccc2F)cc1C. The van der Waals surface area contributed by atoms with Crippen LogP contribution in [0.5, 0.6) is 5.75 Å². The van der Waals surface area contributed by atoms with Crippen LogP contribution in [-0.4, -0.2) is 12.9 Å². The summed E-state index contributed by atoms with van der Waals surface area (Å²) in [6.07, 6.45) is 0.0387. The van der Waals surface area contributed by atoms with E-state index >= 15 is 0 Å². The Morgan fingerprint density at radius 3 is 2.65 bits per heavy atom. The summed E-state index contributed by atoms with van der Waals surface area (Å²) in [5, 5.41) is 0. The minimum Gasteiger partial charge on any atom is -0.496 e. The van der Waals surface area contributed by atoms with Crippen molar-refractivity contribution >= 4 is 21.7 Å². The highest BCUT2D eigenvalue weighted by Gasteiger charge is 2.12. The number of aryl methyl sites for hydroxylation is 1. The first-order valence-electron chi connectivity index (χ1n) is 6.13. The van der Waals surface area contributed by atoms with Gasteiger partial charge in [0.05, 0.1) is 7.11 Å². The number of carbonyl (C=O) groups excluding carboxylic acids is 1. The molecule has 0 heterocycles. The van der Waals surface area contributed by atoms with Crippen molar-refractivity contribution in [1.82, 2.24) is 0 Å². The molecule has 0 saturated heterocycles. The van der Waals surface area contributed by atoms with Gasteiger partial charge in [-0.25, -0.2) is 4.39 Å². The minimum atomic E-state index is -0.369. The van der Waals surface area contributed by atoms with Crippen LogP contribution in [-0.2, 0) is 6.42 Å². The zero-order valence-electron chi connectivity index (χ0n) is 11.2. The quantitative estimate of drug-likeness (QED) is 0.776. The molecule has 0 aliphatic rings. The summed E-state index contributed by atoms with van der Waals surface area (Å²) in [6.45, 7) is 1.87. The molecular weight excluding hydrogens is 323 g/mol. The Bertz CT molecular complexity index is 653. The molecule has 0 aromatic heterocycles. The zero-order valence-corrected chi connectivity index (χ0v) is 12.8. The van der Waals surface area contributed by atoms with Gasteiger partial charge in [0.25, 0.3) is 0 Å². The molecule has 0 aliphatic carbocycles. The van der Waals surface area contributed by atoms with Crippen LogP contribution in [0.25, 0.3) is 0 Å². The summed E-state index contributed by atoms with van der Waals surface area (Å²) in [6, 6.07) is 9.80. The largest absolute Gasteiger partial charge is 0.496 e. The van der Waals surface area contributed by atoms with E-state index in [1.165, 1.54) is 6.07 Å². The van der Waals surface area contributed by atoms with E-state index in [2.05, 4.69) is 15.9 Å². The van der Waals surface area contributed by atoms with E-state index in [1.54, 1.807) is 37.4 Å². The Labute approximate surface area is 125 Å². The van der Waals surface area contributed by atoms with Crippen LogP contribution in [0.15, 0.2) is 40.9 Å². The second-order valence-electron chi connectivity index (χ2n) is 4.52. The van der Waals surface area contributed by atoms with Gasteiger partial charge in [0.2, 0.25) is 0 Å². The predicted molar refractivity (Wildman–Crippen MR) is 79.9 cm³/mol. The third-order valence-corrected chi connectivity index (χ3v) is 3.57. The molecule has 0 aliphatic heterocycles. The van der Waals surface area contributed by atoms with Gasteiger partial charge in [-0.15, -0.1) is 0 Å². The number of hydrogen-bond donors (Lipinski definition) is 0. The molecule has 20 heavy (non-hydrogen) atoms. The highest BCUT2D eigenvalue weighted by molar-refractivity contribution is 9.10. The molecule has 0 saturated carbocycles. The van der Waals surface area contributed by atoms with Crippen LogP contribution < -0.4 is 4.74 Å². The van der Waals surface area contributed by atoms with E-state index in [1.807, 2.05) is 6.92 Å². The first-order chi connectivity index (χ1) is 9.51. The Kier molecular flexibility index (Phi) is 4.55. The van der Waals surface area contributed by atoms with E-state index in [-0.39, 0.29) is 18.0 Å². The average molecular weight is 337 g/mol. The molecule has 2 rings (SSSR count). The Hall–Kier alpha value is -1.68. The molecule has 0 atom stereocenters. The van der Waals surface area contributed by atoms with Crippen LogP contribution in [0.1, 0.15) is 21.5 Å². The molecule has 0 amide bonds. The monoisotopic (exact) mass is 336 g/mol. The number of hydrogen-bond acceptors (Lipinski definition) is 2. The van der Waals surface area contributed by atoms with Crippen molar-refractivity contribution in [3.63, 3.8) is 0 Å². The van der Waals surface area contributed by atoms with Crippen molar-refractivity contribution in [2.24, 2.45) is 0 Å². The highest BCUT2D eigenvalue weighted by Crippen LogP contribution is 2.21. The van der Waals surface area contributed by atoms with Crippen LogP contribution >= 0.6 is 15.9 Å². The number of ether oxygens (including phenoxy) is 1. The van der Waals surface area contributed by atoms with E-state index in [0.717, 1.165) is 15.8 Å². The normalized spacial score (nSPS) is 10.4. The van der Waals surface area contributed by atoms with Crippen molar-refractivity contribution < 1.29 is 13.9 Å². The van der Waals surface area contributed by atoms with Crippen molar-refractivity contribution in [3.05, 3.63) is 63.4 Å². The molecule has 2 aromatic carbocycles. The van der Waals surface area contributed by atoms with E-state index in [9.17, 15) is 9.18 Å². The van der Waals surface area contributed by atoms with Crippen LogP contribution in [0.2, 0.25) is 0 Å². The van der Waals surface area contributed by atoms with Crippen molar-refractivity contribution in [2.75, 3.05) is 7.11 Å². The zero-order chi connectivity index (χ0) is 14.7. The van der Waals surface area contributed by atoms with Gasteiger partial charge in [-0.2, -0.15) is 0 Å². The molecule has 2 nitrogen and oxygen atoms in total. The fourth-order valence-corrected chi connectivity index (χ4v) is 2.41. The summed E-state index contributed by atoms with van der Waals surface area (Å²) >= 11 is 3.28. The van der Waals surface area contributed by atoms with Crippen LogP contribution in [0, 0.1) is 12.7 Å². The lowest BCUT2D eigenvalue weighted by Gasteiger charge is -2.07. The summed E-state index contributed by atoms with van der Waals surface area (Å²) in [7, 11) is 1.58. The smallest absolute Gasteiger partial charge is 0.167 e. The third kappa shape index (κ3) is 3.25. The maximum atomic E-state index is 13.7. The maximum Gasteiger partial charge on any atom is 0.167 e. The number of ketones is 1. The standard InChI is InChI=1S/C16H14BrFO2/c1-10-7-11(3-6-16(10)20-2)15(19)9-12-8-13(17)4-5-14(12)18/h3-8H,9H2,1-2H3. The summed E-state index contributed by atoms with van der Waals surface area (Å²) in [4.78, 5) is 12.2. The van der Waals surface area contributed by atoms with Crippen molar-refractivity contribution in [2.45, 2.75) is 13.3 Å². The van der Waals surface area contributed by atoms with Crippen molar-refractivity contribution in [1.29, 1.82) is 0 Å². The number of Topliss-reactive ketones (excluding diaryl/α,β-unsaturated/α-hetero) is 1. The second kappa shape index (κ2) is 6.18. The maximum absolute atomic E-state index is 13.7. The Balaban J connectivity index is 2.24. The van der Waals surface area contributed by atoms with Gasteiger partial charge in [-0.3, -0.25) is 4.79 Å². The van der Waals surface area contributed by atoms with Crippen LogP contribution in [0.3, 0.4) is 0 Å².